The highest BCUT2D eigenvalue weighted by Crippen LogP contribution is 2.40. The molecule has 15 heavy (non-hydrogen) atoms. The molecule has 0 radical (unpaired) electrons. The summed E-state index contributed by atoms with van der Waals surface area (Å²) in [5.74, 6) is -0.644. The lowest BCUT2D eigenvalue weighted by atomic mass is 9.82. The number of aliphatic carboxylic acids is 1. The van der Waals surface area contributed by atoms with Crippen LogP contribution >= 0.6 is 0 Å². The third-order valence-corrected chi connectivity index (χ3v) is 3.40. The molecular weight excluding hydrogens is 190 g/mol. The molecule has 3 nitrogen and oxygen atoms in total. The lowest BCUT2D eigenvalue weighted by Crippen LogP contribution is -2.34. The van der Waals surface area contributed by atoms with Gasteiger partial charge in [0.25, 0.3) is 0 Å². The fourth-order valence-electron chi connectivity index (χ4n) is 2.52. The smallest absolute Gasteiger partial charge is 0.303 e. The Bertz CT molecular complexity index is 198. The molecule has 0 aromatic carbocycles. The van der Waals surface area contributed by atoms with E-state index in [2.05, 4.69) is 12.2 Å². The summed E-state index contributed by atoms with van der Waals surface area (Å²) in [7, 11) is 0. The number of unbranched alkanes of at least 4 members (excludes halogenated alkanes) is 1. The average molecular weight is 213 g/mol. The second kappa shape index (κ2) is 6.11. The highest BCUT2D eigenvalue weighted by Gasteiger charge is 2.35. The number of rotatable bonds is 7. The summed E-state index contributed by atoms with van der Waals surface area (Å²) in [4.78, 5) is 10.8. The van der Waals surface area contributed by atoms with Gasteiger partial charge in [0.2, 0.25) is 0 Å². The quantitative estimate of drug-likeness (QED) is 0.638. The van der Waals surface area contributed by atoms with Crippen LogP contribution in [-0.4, -0.2) is 24.2 Å². The van der Waals surface area contributed by atoms with Crippen LogP contribution in [0.5, 0.6) is 0 Å². The van der Waals surface area contributed by atoms with E-state index < -0.39 is 5.97 Å². The van der Waals surface area contributed by atoms with E-state index in [4.69, 9.17) is 5.11 Å². The standard InChI is InChI=1S/C12H23NO2/c1-2-3-8-13-10-12(9-11(14)15)6-4-5-7-12/h13H,2-10H2,1H3,(H,14,15). The van der Waals surface area contributed by atoms with Crippen LogP contribution in [0.25, 0.3) is 0 Å². The number of carboxylic acid groups (broad SMARTS) is 1. The van der Waals surface area contributed by atoms with Gasteiger partial charge in [-0.2, -0.15) is 0 Å². The maximum atomic E-state index is 10.8. The molecule has 0 aromatic rings. The third-order valence-electron chi connectivity index (χ3n) is 3.40. The van der Waals surface area contributed by atoms with Crippen molar-refractivity contribution < 1.29 is 9.90 Å². The molecule has 0 aromatic heterocycles. The molecule has 0 spiro atoms. The monoisotopic (exact) mass is 213 g/mol. The zero-order chi connectivity index (χ0) is 11.1. The van der Waals surface area contributed by atoms with Crippen molar-refractivity contribution in [1.82, 2.24) is 5.32 Å². The molecule has 0 atom stereocenters. The molecule has 88 valence electrons. The molecule has 3 heteroatoms. The zero-order valence-electron chi connectivity index (χ0n) is 9.72. The normalized spacial score (nSPS) is 19.3. The van der Waals surface area contributed by atoms with E-state index in [0.29, 0.717) is 6.42 Å². The molecule has 0 unspecified atom stereocenters. The Morgan fingerprint density at radius 2 is 2.07 bits per heavy atom. The number of hydrogen-bond donors (Lipinski definition) is 2. The molecule has 0 bridgehead atoms. The van der Waals surface area contributed by atoms with Crippen molar-refractivity contribution in [3.8, 4) is 0 Å². The number of hydrogen-bond acceptors (Lipinski definition) is 2. The maximum Gasteiger partial charge on any atom is 0.303 e. The van der Waals surface area contributed by atoms with Gasteiger partial charge in [-0.05, 0) is 31.2 Å². The topological polar surface area (TPSA) is 49.3 Å². The zero-order valence-corrected chi connectivity index (χ0v) is 9.72. The van der Waals surface area contributed by atoms with Crippen molar-refractivity contribution in [2.45, 2.75) is 51.9 Å². The predicted molar refractivity (Wildman–Crippen MR) is 60.9 cm³/mol. The minimum absolute atomic E-state index is 0.0551. The highest BCUT2D eigenvalue weighted by atomic mass is 16.4. The summed E-state index contributed by atoms with van der Waals surface area (Å²) >= 11 is 0. The van der Waals surface area contributed by atoms with Gasteiger partial charge in [-0.25, -0.2) is 0 Å². The van der Waals surface area contributed by atoms with Crippen LogP contribution in [0.3, 0.4) is 0 Å². The van der Waals surface area contributed by atoms with E-state index in [0.717, 1.165) is 25.9 Å². The summed E-state index contributed by atoms with van der Waals surface area (Å²) in [5, 5.41) is 12.3. The van der Waals surface area contributed by atoms with Crippen LogP contribution in [0.15, 0.2) is 0 Å². The van der Waals surface area contributed by atoms with Crippen molar-refractivity contribution >= 4 is 5.97 Å². The van der Waals surface area contributed by atoms with Gasteiger partial charge >= 0.3 is 5.97 Å². The van der Waals surface area contributed by atoms with E-state index in [-0.39, 0.29) is 5.41 Å². The Hall–Kier alpha value is -0.570. The van der Waals surface area contributed by atoms with Crippen molar-refractivity contribution in [2.75, 3.05) is 13.1 Å². The lowest BCUT2D eigenvalue weighted by molar-refractivity contribution is -0.139. The first-order valence-electron chi connectivity index (χ1n) is 6.11. The van der Waals surface area contributed by atoms with Crippen LogP contribution in [0.4, 0.5) is 0 Å². The summed E-state index contributed by atoms with van der Waals surface area (Å²) in [5.41, 5.74) is 0.0551. The molecule has 2 N–H and O–H groups in total. The number of carboxylic acids is 1. The van der Waals surface area contributed by atoms with Gasteiger partial charge in [-0.15, -0.1) is 0 Å². The average Bonchev–Trinajstić information content (AvgIpc) is 2.61. The first kappa shape index (κ1) is 12.5. The van der Waals surface area contributed by atoms with E-state index in [1.807, 2.05) is 0 Å². The summed E-state index contributed by atoms with van der Waals surface area (Å²) in [6, 6.07) is 0. The first-order valence-corrected chi connectivity index (χ1v) is 6.11. The molecule has 1 aliphatic carbocycles. The third kappa shape index (κ3) is 4.20. The van der Waals surface area contributed by atoms with Crippen LogP contribution in [0.1, 0.15) is 51.9 Å². The van der Waals surface area contributed by atoms with Gasteiger partial charge < -0.3 is 10.4 Å². The van der Waals surface area contributed by atoms with Crippen LogP contribution in [0.2, 0.25) is 0 Å². The Balaban J connectivity index is 2.32. The molecule has 1 rings (SSSR count). The van der Waals surface area contributed by atoms with Crippen LogP contribution in [0, 0.1) is 5.41 Å². The van der Waals surface area contributed by atoms with E-state index in [1.54, 1.807) is 0 Å². The molecular formula is C12H23NO2. The van der Waals surface area contributed by atoms with E-state index in [1.165, 1.54) is 25.7 Å². The second-order valence-corrected chi connectivity index (χ2v) is 4.81. The van der Waals surface area contributed by atoms with Gasteiger partial charge in [-0.1, -0.05) is 26.2 Å². The molecule has 0 heterocycles. The Morgan fingerprint density at radius 3 is 2.60 bits per heavy atom. The molecule has 1 saturated carbocycles. The second-order valence-electron chi connectivity index (χ2n) is 4.81. The Morgan fingerprint density at radius 1 is 1.40 bits per heavy atom. The fraction of sp³-hybridized carbons (Fsp3) is 0.917. The van der Waals surface area contributed by atoms with Gasteiger partial charge in [0.1, 0.15) is 0 Å². The van der Waals surface area contributed by atoms with Crippen molar-refractivity contribution in [3.63, 3.8) is 0 Å². The number of nitrogens with one attached hydrogen (secondary N) is 1. The fourth-order valence-corrected chi connectivity index (χ4v) is 2.52. The van der Waals surface area contributed by atoms with Crippen molar-refractivity contribution in [1.29, 1.82) is 0 Å². The molecule has 1 fully saturated rings. The van der Waals surface area contributed by atoms with E-state index in [9.17, 15) is 4.79 Å². The lowest BCUT2D eigenvalue weighted by Gasteiger charge is -2.27. The highest BCUT2D eigenvalue weighted by molar-refractivity contribution is 5.67. The first-order chi connectivity index (χ1) is 7.18. The van der Waals surface area contributed by atoms with Gasteiger partial charge in [0.15, 0.2) is 0 Å². The largest absolute Gasteiger partial charge is 0.481 e. The minimum atomic E-state index is -0.644. The predicted octanol–water partition coefficient (Wildman–Crippen LogP) is 2.41. The Labute approximate surface area is 92.3 Å². The molecule has 0 amide bonds. The Kier molecular flexibility index (Phi) is 5.09. The summed E-state index contributed by atoms with van der Waals surface area (Å²) in [6.07, 6.45) is 7.27. The molecule has 0 saturated heterocycles. The van der Waals surface area contributed by atoms with Gasteiger partial charge in [0, 0.05) is 6.54 Å². The SMILES string of the molecule is CCCCNCC1(CC(=O)O)CCCC1. The van der Waals surface area contributed by atoms with Crippen molar-refractivity contribution in [3.05, 3.63) is 0 Å². The van der Waals surface area contributed by atoms with Gasteiger partial charge in [-0.3, -0.25) is 4.79 Å². The van der Waals surface area contributed by atoms with Crippen LogP contribution < -0.4 is 5.32 Å². The van der Waals surface area contributed by atoms with Crippen LogP contribution in [-0.2, 0) is 4.79 Å². The summed E-state index contributed by atoms with van der Waals surface area (Å²) < 4.78 is 0. The molecule has 0 aliphatic heterocycles. The maximum absolute atomic E-state index is 10.8. The number of carbonyl (C=O) groups is 1. The summed E-state index contributed by atoms with van der Waals surface area (Å²) in [6.45, 7) is 4.08. The van der Waals surface area contributed by atoms with E-state index >= 15 is 0 Å². The van der Waals surface area contributed by atoms with Crippen molar-refractivity contribution in [2.24, 2.45) is 5.41 Å². The van der Waals surface area contributed by atoms with Gasteiger partial charge in [0.05, 0.1) is 6.42 Å². The minimum Gasteiger partial charge on any atom is -0.481 e. The molecule has 1 aliphatic rings.